The molecule has 1 nitrogen and oxygen atoms in total. The molecule has 0 aliphatic carbocycles. The van der Waals surface area contributed by atoms with E-state index in [-0.39, 0.29) is 10.5 Å². The van der Waals surface area contributed by atoms with Gasteiger partial charge in [0.1, 0.15) is 0 Å². The largest absolute Gasteiger partial charge is 0.309 e. The molecule has 0 heterocycles. The van der Waals surface area contributed by atoms with Gasteiger partial charge in [0.2, 0.25) is 0 Å². The summed E-state index contributed by atoms with van der Waals surface area (Å²) < 4.78 is 26.8. The van der Waals surface area contributed by atoms with E-state index in [1.807, 2.05) is 30.3 Å². The Morgan fingerprint density at radius 3 is 2.33 bits per heavy atom. The van der Waals surface area contributed by atoms with Crippen LogP contribution in [0.4, 0.5) is 8.78 Å². The predicted octanol–water partition coefficient (Wildman–Crippen LogP) is 4.04. The summed E-state index contributed by atoms with van der Waals surface area (Å²) in [6.07, 6.45) is 0. The maximum absolute atomic E-state index is 13.6. The van der Waals surface area contributed by atoms with Crippen LogP contribution in [0.1, 0.15) is 17.2 Å². The Hall–Kier alpha value is -1.26. The Bertz CT molecular complexity index is 543. The zero-order valence-electron chi connectivity index (χ0n) is 9.75. The van der Waals surface area contributed by atoms with Gasteiger partial charge in [-0.05, 0) is 40.2 Å². The highest BCUT2D eigenvalue weighted by atomic mass is 79.9. The second-order valence-electron chi connectivity index (χ2n) is 3.90. The molecule has 2 aromatic rings. The molecule has 0 saturated carbocycles. The molecule has 1 N–H and O–H groups in total. The molecule has 0 aromatic heterocycles. The average Bonchev–Trinajstić information content (AvgIpc) is 2.41. The number of hydrogen-bond acceptors (Lipinski definition) is 1. The molecule has 0 spiro atoms. The third-order valence-electron chi connectivity index (χ3n) is 2.80. The molecular weight excluding hydrogens is 300 g/mol. The zero-order valence-corrected chi connectivity index (χ0v) is 11.3. The van der Waals surface area contributed by atoms with Crippen molar-refractivity contribution in [2.45, 2.75) is 6.04 Å². The summed E-state index contributed by atoms with van der Waals surface area (Å²) in [5, 5.41) is 3.10. The van der Waals surface area contributed by atoms with Crippen molar-refractivity contribution in [3.05, 3.63) is 69.7 Å². The molecule has 0 aliphatic rings. The van der Waals surface area contributed by atoms with Gasteiger partial charge in [-0.15, -0.1) is 0 Å². The van der Waals surface area contributed by atoms with Crippen molar-refractivity contribution in [1.29, 1.82) is 0 Å². The van der Waals surface area contributed by atoms with Crippen molar-refractivity contribution in [1.82, 2.24) is 5.32 Å². The molecule has 1 unspecified atom stereocenters. The Labute approximate surface area is 113 Å². The zero-order chi connectivity index (χ0) is 13.1. The standard InChI is InChI=1S/C14H12BrF2N/c1-18-14(9-5-3-2-4-6-9)10-7-8-11(16)13(17)12(10)15/h2-8,14,18H,1H3. The van der Waals surface area contributed by atoms with E-state index in [0.717, 1.165) is 11.6 Å². The first-order valence-electron chi connectivity index (χ1n) is 5.50. The second-order valence-corrected chi connectivity index (χ2v) is 4.69. The lowest BCUT2D eigenvalue weighted by Crippen LogP contribution is -2.18. The lowest BCUT2D eigenvalue weighted by atomic mass is 9.99. The highest BCUT2D eigenvalue weighted by Crippen LogP contribution is 2.31. The minimum atomic E-state index is -0.858. The first-order chi connectivity index (χ1) is 8.65. The van der Waals surface area contributed by atoms with Crippen molar-refractivity contribution in [2.75, 3.05) is 7.05 Å². The van der Waals surface area contributed by atoms with Crippen molar-refractivity contribution < 1.29 is 8.78 Å². The quantitative estimate of drug-likeness (QED) is 0.844. The van der Waals surface area contributed by atoms with Gasteiger partial charge >= 0.3 is 0 Å². The van der Waals surface area contributed by atoms with Crippen molar-refractivity contribution in [3.63, 3.8) is 0 Å². The van der Waals surface area contributed by atoms with Gasteiger partial charge in [0.25, 0.3) is 0 Å². The maximum atomic E-state index is 13.6. The maximum Gasteiger partial charge on any atom is 0.173 e. The average molecular weight is 312 g/mol. The van der Waals surface area contributed by atoms with Gasteiger partial charge < -0.3 is 5.32 Å². The molecule has 0 bridgehead atoms. The van der Waals surface area contributed by atoms with Crippen LogP contribution in [0.2, 0.25) is 0 Å². The number of rotatable bonds is 3. The molecule has 0 radical (unpaired) electrons. The molecule has 2 aromatic carbocycles. The van der Waals surface area contributed by atoms with Gasteiger partial charge in [0.05, 0.1) is 10.5 Å². The van der Waals surface area contributed by atoms with Crippen molar-refractivity contribution in [3.8, 4) is 0 Å². The van der Waals surface area contributed by atoms with E-state index < -0.39 is 11.6 Å². The summed E-state index contributed by atoms with van der Waals surface area (Å²) >= 11 is 3.11. The Morgan fingerprint density at radius 2 is 1.72 bits per heavy atom. The van der Waals surface area contributed by atoms with Crippen LogP contribution in [0.15, 0.2) is 46.9 Å². The van der Waals surface area contributed by atoms with Crippen LogP contribution in [0.3, 0.4) is 0 Å². The SMILES string of the molecule is CNC(c1ccccc1)c1ccc(F)c(F)c1Br. The molecule has 0 aliphatic heterocycles. The minimum absolute atomic E-state index is 0.158. The molecule has 0 saturated heterocycles. The van der Waals surface area contributed by atoms with Gasteiger partial charge in [-0.1, -0.05) is 36.4 Å². The van der Waals surface area contributed by atoms with Crippen LogP contribution in [0, 0.1) is 11.6 Å². The molecule has 1 atom stereocenters. The Kier molecular flexibility index (Phi) is 4.09. The molecule has 94 valence electrons. The smallest absolute Gasteiger partial charge is 0.173 e. The number of hydrogen-bond donors (Lipinski definition) is 1. The fraction of sp³-hybridized carbons (Fsp3) is 0.143. The molecule has 18 heavy (non-hydrogen) atoms. The molecular formula is C14H12BrF2N. The van der Waals surface area contributed by atoms with Crippen LogP contribution >= 0.6 is 15.9 Å². The lowest BCUT2D eigenvalue weighted by Gasteiger charge is -2.19. The Morgan fingerprint density at radius 1 is 1.06 bits per heavy atom. The van der Waals surface area contributed by atoms with Crippen molar-refractivity contribution in [2.24, 2.45) is 0 Å². The van der Waals surface area contributed by atoms with Crippen molar-refractivity contribution >= 4 is 15.9 Å². The topological polar surface area (TPSA) is 12.0 Å². The van der Waals surface area contributed by atoms with Crippen LogP contribution in [-0.2, 0) is 0 Å². The molecule has 0 amide bonds. The lowest BCUT2D eigenvalue weighted by molar-refractivity contribution is 0.499. The summed E-state index contributed by atoms with van der Waals surface area (Å²) in [5.74, 6) is -1.71. The normalized spacial score (nSPS) is 12.4. The summed E-state index contributed by atoms with van der Waals surface area (Å²) in [7, 11) is 1.78. The van der Waals surface area contributed by atoms with E-state index in [1.54, 1.807) is 13.1 Å². The Balaban J connectivity index is 2.50. The van der Waals surface area contributed by atoms with Gasteiger partial charge in [0, 0.05) is 0 Å². The first-order valence-corrected chi connectivity index (χ1v) is 6.30. The van der Waals surface area contributed by atoms with Crippen LogP contribution in [-0.4, -0.2) is 7.05 Å². The third-order valence-corrected chi connectivity index (χ3v) is 3.60. The third kappa shape index (κ3) is 2.44. The van der Waals surface area contributed by atoms with Gasteiger partial charge in [-0.25, -0.2) is 8.78 Å². The highest BCUT2D eigenvalue weighted by Gasteiger charge is 2.19. The number of halogens is 3. The van der Waals surface area contributed by atoms with E-state index in [2.05, 4.69) is 21.2 Å². The van der Waals surface area contributed by atoms with Crippen LogP contribution in [0.5, 0.6) is 0 Å². The summed E-state index contributed by atoms with van der Waals surface area (Å²) in [6.45, 7) is 0. The first kappa shape index (κ1) is 13.2. The molecule has 2 rings (SSSR count). The summed E-state index contributed by atoms with van der Waals surface area (Å²) in [4.78, 5) is 0. The second kappa shape index (κ2) is 5.59. The summed E-state index contributed by atoms with van der Waals surface area (Å²) in [6, 6.07) is 12.1. The minimum Gasteiger partial charge on any atom is -0.309 e. The number of benzene rings is 2. The fourth-order valence-corrected chi connectivity index (χ4v) is 2.46. The monoisotopic (exact) mass is 311 g/mol. The fourth-order valence-electron chi connectivity index (χ4n) is 1.91. The van der Waals surface area contributed by atoms with E-state index in [1.165, 1.54) is 0 Å². The van der Waals surface area contributed by atoms with Gasteiger partial charge in [-0.3, -0.25) is 0 Å². The van der Waals surface area contributed by atoms with Crippen LogP contribution in [0.25, 0.3) is 0 Å². The van der Waals surface area contributed by atoms with Crippen LogP contribution < -0.4 is 5.32 Å². The number of nitrogens with one attached hydrogen (secondary N) is 1. The van der Waals surface area contributed by atoms with E-state index >= 15 is 0 Å². The van der Waals surface area contributed by atoms with E-state index in [4.69, 9.17) is 0 Å². The highest BCUT2D eigenvalue weighted by molar-refractivity contribution is 9.10. The molecule has 0 fully saturated rings. The van der Waals surface area contributed by atoms with E-state index in [9.17, 15) is 8.78 Å². The summed E-state index contributed by atoms with van der Waals surface area (Å²) in [5.41, 5.74) is 1.66. The predicted molar refractivity (Wildman–Crippen MR) is 71.4 cm³/mol. The van der Waals surface area contributed by atoms with Gasteiger partial charge in [0.15, 0.2) is 11.6 Å². The van der Waals surface area contributed by atoms with E-state index in [0.29, 0.717) is 5.56 Å². The molecule has 4 heteroatoms. The van der Waals surface area contributed by atoms with Gasteiger partial charge in [-0.2, -0.15) is 0 Å².